The molecule has 0 bridgehead atoms. The molecule has 1 amide bonds. The number of ether oxygens (including phenoxy) is 1. The Kier molecular flexibility index (Phi) is 7.15. The van der Waals surface area contributed by atoms with Crippen molar-refractivity contribution in [3.63, 3.8) is 0 Å². The molecule has 1 aromatic carbocycles. The minimum absolute atomic E-state index is 0.0714. The van der Waals surface area contributed by atoms with Gasteiger partial charge in [0.1, 0.15) is 6.61 Å². The Labute approximate surface area is 115 Å². The highest BCUT2D eigenvalue weighted by Crippen LogP contribution is 2.22. The van der Waals surface area contributed by atoms with Crippen molar-refractivity contribution in [1.29, 1.82) is 0 Å². The molecular formula is C15H24N2O2. The van der Waals surface area contributed by atoms with Crippen molar-refractivity contribution in [3.8, 4) is 0 Å². The Balaban J connectivity index is 2.48. The maximum atomic E-state index is 11.3. The number of methoxy groups -OCH3 is 1. The number of rotatable bonds is 8. The van der Waals surface area contributed by atoms with Gasteiger partial charge in [-0.1, -0.05) is 29.8 Å². The van der Waals surface area contributed by atoms with Crippen LogP contribution in [-0.4, -0.2) is 32.7 Å². The van der Waals surface area contributed by atoms with Gasteiger partial charge in [0.25, 0.3) is 0 Å². The van der Waals surface area contributed by atoms with Gasteiger partial charge in [-0.15, -0.1) is 0 Å². The van der Waals surface area contributed by atoms with E-state index in [-0.39, 0.29) is 12.5 Å². The molecule has 0 radical (unpaired) electrons. The highest BCUT2D eigenvalue weighted by molar-refractivity contribution is 5.77. The zero-order valence-electron chi connectivity index (χ0n) is 11.8. The molecule has 1 rings (SSSR count). The van der Waals surface area contributed by atoms with E-state index in [9.17, 15) is 4.79 Å². The van der Waals surface area contributed by atoms with Crippen LogP contribution in [0.25, 0.3) is 0 Å². The fourth-order valence-corrected chi connectivity index (χ4v) is 2.09. The van der Waals surface area contributed by atoms with Gasteiger partial charge in [-0.2, -0.15) is 0 Å². The lowest BCUT2D eigenvalue weighted by Crippen LogP contribution is -2.29. The monoisotopic (exact) mass is 264 g/mol. The van der Waals surface area contributed by atoms with Crippen molar-refractivity contribution in [1.82, 2.24) is 5.32 Å². The summed E-state index contributed by atoms with van der Waals surface area (Å²) >= 11 is 0. The lowest BCUT2D eigenvalue weighted by molar-refractivity contribution is -0.124. The van der Waals surface area contributed by atoms with E-state index >= 15 is 0 Å². The second-order valence-corrected chi connectivity index (χ2v) is 4.76. The number of benzene rings is 1. The zero-order chi connectivity index (χ0) is 14.1. The third kappa shape index (κ3) is 5.85. The van der Waals surface area contributed by atoms with Crippen molar-refractivity contribution in [3.05, 3.63) is 35.4 Å². The molecule has 0 fully saturated rings. The second kappa shape index (κ2) is 8.67. The Morgan fingerprint density at radius 2 is 2.00 bits per heavy atom. The molecular weight excluding hydrogens is 240 g/mol. The average molecular weight is 264 g/mol. The smallest absolute Gasteiger partial charge is 0.245 e. The Morgan fingerprint density at radius 3 is 2.58 bits per heavy atom. The summed E-state index contributed by atoms with van der Waals surface area (Å²) in [6, 6.07) is 8.52. The van der Waals surface area contributed by atoms with E-state index in [0.717, 1.165) is 12.8 Å². The third-order valence-electron chi connectivity index (χ3n) is 3.15. The van der Waals surface area contributed by atoms with Crippen LogP contribution >= 0.6 is 0 Å². The maximum absolute atomic E-state index is 11.3. The van der Waals surface area contributed by atoms with Gasteiger partial charge in [0, 0.05) is 13.7 Å². The van der Waals surface area contributed by atoms with Gasteiger partial charge in [-0.05, 0) is 37.8 Å². The summed E-state index contributed by atoms with van der Waals surface area (Å²) in [6.45, 7) is 3.50. The highest BCUT2D eigenvalue weighted by Gasteiger charge is 2.11. The van der Waals surface area contributed by atoms with Crippen LogP contribution in [0.3, 0.4) is 0 Å². The summed E-state index contributed by atoms with van der Waals surface area (Å²) in [5.74, 6) is 0.325. The van der Waals surface area contributed by atoms with Crippen LogP contribution in [0.5, 0.6) is 0 Å². The fraction of sp³-hybridized carbons (Fsp3) is 0.533. The van der Waals surface area contributed by atoms with Gasteiger partial charge in [0.15, 0.2) is 0 Å². The van der Waals surface area contributed by atoms with Crippen LogP contribution in [0, 0.1) is 6.92 Å². The van der Waals surface area contributed by atoms with E-state index in [2.05, 4.69) is 36.5 Å². The van der Waals surface area contributed by atoms with E-state index in [1.165, 1.54) is 18.2 Å². The first-order valence-corrected chi connectivity index (χ1v) is 6.69. The van der Waals surface area contributed by atoms with E-state index < -0.39 is 0 Å². The molecule has 0 heterocycles. The van der Waals surface area contributed by atoms with Gasteiger partial charge in [-0.3, -0.25) is 4.79 Å². The quantitative estimate of drug-likeness (QED) is 0.749. The number of nitrogens with one attached hydrogen (secondary N) is 1. The molecule has 0 saturated heterocycles. The lowest BCUT2D eigenvalue weighted by Gasteiger charge is -2.17. The molecule has 4 nitrogen and oxygen atoms in total. The molecule has 3 N–H and O–H groups in total. The summed E-state index contributed by atoms with van der Waals surface area (Å²) < 4.78 is 4.77. The average Bonchev–Trinajstić information content (AvgIpc) is 2.39. The standard InChI is InChI=1S/C15H24N2O2/c1-12-3-5-13(6-4-12)14(7-9-16)8-10-17-15(18)11-19-2/h3-6,14H,7-11,16H2,1-2H3,(H,17,18)/t14-/m0/s1. The molecule has 0 spiro atoms. The van der Waals surface area contributed by atoms with E-state index in [1.54, 1.807) is 0 Å². The first-order chi connectivity index (χ1) is 9.17. The van der Waals surface area contributed by atoms with Crippen LogP contribution in [0.4, 0.5) is 0 Å². The van der Waals surface area contributed by atoms with Gasteiger partial charge >= 0.3 is 0 Å². The molecule has 0 aromatic heterocycles. The number of hydrogen-bond donors (Lipinski definition) is 2. The molecule has 0 aliphatic carbocycles. The van der Waals surface area contributed by atoms with Gasteiger partial charge in [0.2, 0.25) is 5.91 Å². The van der Waals surface area contributed by atoms with Crippen LogP contribution in [0.15, 0.2) is 24.3 Å². The third-order valence-corrected chi connectivity index (χ3v) is 3.15. The molecule has 0 aliphatic rings. The van der Waals surface area contributed by atoms with Crippen molar-refractivity contribution in [2.45, 2.75) is 25.7 Å². The molecule has 19 heavy (non-hydrogen) atoms. The van der Waals surface area contributed by atoms with Gasteiger partial charge in [-0.25, -0.2) is 0 Å². The first-order valence-electron chi connectivity index (χ1n) is 6.69. The molecule has 0 saturated carbocycles. The maximum Gasteiger partial charge on any atom is 0.245 e. The van der Waals surface area contributed by atoms with E-state index in [1.807, 2.05) is 0 Å². The predicted octanol–water partition coefficient (Wildman–Crippen LogP) is 1.58. The predicted molar refractivity (Wildman–Crippen MR) is 77.1 cm³/mol. The first kappa shape index (κ1) is 15.7. The number of carbonyl (C=O) groups is 1. The summed E-state index contributed by atoms with van der Waals surface area (Å²) in [7, 11) is 1.52. The minimum atomic E-state index is -0.0714. The van der Waals surface area contributed by atoms with Crippen molar-refractivity contribution in [2.24, 2.45) is 5.73 Å². The number of amides is 1. The normalized spacial score (nSPS) is 12.2. The topological polar surface area (TPSA) is 64.3 Å². The largest absolute Gasteiger partial charge is 0.375 e. The Bertz CT molecular complexity index is 376. The van der Waals surface area contributed by atoms with Crippen molar-refractivity contribution < 1.29 is 9.53 Å². The van der Waals surface area contributed by atoms with Crippen LogP contribution in [-0.2, 0) is 9.53 Å². The summed E-state index contributed by atoms with van der Waals surface area (Å²) in [5, 5.41) is 2.85. The molecule has 0 unspecified atom stereocenters. The lowest BCUT2D eigenvalue weighted by atomic mass is 9.92. The summed E-state index contributed by atoms with van der Waals surface area (Å²) in [4.78, 5) is 11.3. The minimum Gasteiger partial charge on any atom is -0.375 e. The molecule has 1 atom stereocenters. The summed E-state index contributed by atoms with van der Waals surface area (Å²) in [6.07, 6.45) is 1.83. The molecule has 106 valence electrons. The Morgan fingerprint density at radius 1 is 1.32 bits per heavy atom. The van der Waals surface area contributed by atoms with Crippen LogP contribution < -0.4 is 11.1 Å². The highest BCUT2D eigenvalue weighted by atomic mass is 16.5. The number of hydrogen-bond acceptors (Lipinski definition) is 3. The second-order valence-electron chi connectivity index (χ2n) is 4.76. The van der Waals surface area contributed by atoms with Crippen LogP contribution in [0.2, 0.25) is 0 Å². The fourth-order valence-electron chi connectivity index (χ4n) is 2.09. The van der Waals surface area contributed by atoms with Crippen molar-refractivity contribution >= 4 is 5.91 Å². The van der Waals surface area contributed by atoms with Crippen molar-refractivity contribution in [2.75, 3.05) is 26.8 Å². The molecule has 1 aromatic rings. The van der Waals surface area contributed by atoms with Gasteiger partial charge in [0.05, 0.1) is 0 Å². The number of carbonyl (C=O) groups excluding carboxylic acids is 1. The number of aryl methyl sites for hydroxylation is 1. The zero-order valence-corrected chi connectivity index (χ0v) is 11.8. The SMILES string of the molecule is COCC(=O)NCC[C@H](CCN)c1ccc(C)cc1. The molecule has 0 aliphatic heterocycles. The van der Waals surface area contributed by atoms with Crippen LogP contribution in [0.1, 0.15) is 29.9 Å². The summed E-state index contributed by atoms with van der Waals surface area (Å²) in [5.41, 5.74) is 8.21. The number of nitrogens with two attached hydrogens (primary N) is 1. The Hall–Kier alpha value is -1.39. The molecule has 4 heteroatoms. The van der Waals surface area contributed by atoms with E-state index in [0.29, 0.717) is 19.0 Å². The van der Waals surface area contributed by atoms with E-state index in [4.69, 9.17) is 10.5 Å². The van der Waals surface area contributed by atoms with Gasteiger partial charge < -0.3 is 15.8 Å².